The maximum Gasteiger partial charge on any atom is 0.252 e. The minimum atomic E-state index is -0.00486. The van der Waals surface area contributed by atoms with E-state index in [1.54, 1.807) is 0 Å². The molecule has 0 amide bonds. The zero-order chi connectivity index (χ0) is 48.5. The summed E-state index contributed by atoms with van der Waals surface area (Å²) in [6.45, 7) is 32.7. The van der Waals surface area contributed by atoms with Gasteiger partial charge in [0.15, 0.2) is 0 Å². The molecule has 0 saturated carbocycles. The first-order valence-corrected chi connectivity index (χ1v) is 25.5. The van der Waals surface area contributed by atoms with E-state index < -0.39 is 0 Å². The highest BCUT2D eigenvalue weighted by Gasteiger charge is 2.45. The Hall–Kier alpha value is -6.00. The first kappa shape index (κ1) is 47.1. The maximum atomic E-state index is 2.60. The summed E-state index contributed by atoms with van der Waals surface area (Å²) in [5.74, 6) is 0. The number of rotatable bonds is 13. The van der Waals surface area contributed by atoms with Gasteiger partial charge in [0.05, 0.1) is 5.69 Å². The minimum Gasteiger partial charge on any atom is -0.311 e. The molecule has 0 unspecified atom stereocenters. The molecular formula is C64H74BN3. The summed E-state index contributed by atoms with van der Waals surface area (Å²) in [6, 6.07) is 56.9. The first-order valence-electron chi connectivity index (χ1n) is 25.5. The molecule has 9 rings (SSSR count). The number of fused-ring (bicyclic) bond motifs is 4. The van der Waals surface area contributed by atoms with Gasteiger partial charge < -0.3 is 14.7 Å². The van der Waals surface area contributed by atoms with E-state index >= 15 is 0 Å². The van der Waals surface area contributed by atoms with Crippen LogP contribution in [0.4, 0.5) is 51.2 Å². The Morgan fingerprint density at radius 3 is 1.09 bits per heavy atom. The van der Waals surface area contributed by atoms with Crippen LogP contribution in [0.2, 0.25) is 0 Å². The van der Waals surface area contributed by atoms with Crippen molar-refractivity contribution in [3.63, 3.8) is 0 Å². The fourth-order valence-electron chi connectivity index (χ4n) is 10.4. The second-order valence-corrected chi connectivity index (χ2v) is 22.6. The molecule has 4 heteroatoms. The van der Waals surface area contributed by atoms with Gasteiger partial charge in [-0.05, 0) is 184 Å². The van der Waals surface area contributed by atoms with E-state index in [-0.39, 0.29) is 28.4 Å². The summed E-state index contributed by atoms with van der Waals surface area (Å²) in [4.78, 5) is 7.67. The third-order valence-electron chi connectivity index (χ3n) is 16.7. The fraction of sp³-hybridized carbons (Fsp3) is 0.344. The van der Waals surface area contributed by atoms with Gasteiger partial charge in [-0.3, -0.25) is 0 Å². The lowest BCUT2D eigenvalue weighted by Crippen LogP contribution is -2.61. The van der Waals surface area contributed by atoms with Gasteiger partial charge in [-0.25, -0.2) is 0 Å². The standard InChI is InChI=1S/C64H74BN3/c1-15-61(7,8)45-25-31-49(32-26-45)67-56-35-29-47(63(11,12)17-3)39-54(56)65-55-40-48(64(13,14)18-4)30-36-57(55)68(50-33-27-46(28-34-50)62(9,10)16-2)59-42-53(41-58(67)60(59)65)66(51-23-19-21-43(5)37-51)52-24-20-22-44(6)38-52/h19-42H,15-18H2,1-14H3. The van der Waals surface area contributed by atoms with Gasteiger partial charge in [-0.2, -0.15) is 0 Å². The topological polar surface area (TPSA) is 9.72 Å². The van der Waals surface area contributed by atoms with Crippen LogP contribution in [0.25, 0.3) is 0 Å². The monoisotopic (exact) mass is 896 g/mol. The average molecular weight is 896 g/mol. The smallest absolute Gasteiger partial charge is 0.252 e. The SMILES string of the molecule is CCC(C)(C)c1ccc(N2c3ccc(C(C)(C)CC)cc3B3c4cc(C(C)(C)CC)ccc4N(c4ccc(C(C)(C)CC)cc4)c4cc(N(c5cccc(C)c5)c5cccc(C)c5)cc2c43)cc1. The summed E-state index contributed by atoms with van der Waals surface area (Å²) in [7, 11) is 0. The van der Waals surface area contributed by atoms with E-state index in [1.165, 1.54) is 83.9 Å². The van der Waals surface area contributed by atoms with Gasteiger partial charge in [0, 0.05) is 45.5 Å². The molecule has 0 spiro atoms. The Kier molecular flexibility index (Phi) is 12.1. The summed E-state index contributed by atoms with van der Waals surface area (Å²) in [6.07, 6.45) is 4.25. The molecule has 2 aliphatic rings. The van der Waals surface area contributed by atoms with Gasteiger partial charge in [0.25, 0.3) is 6.71 Å². The molecule has 0 N–H and O–H groups in total. The van der Waals surface area contributed by atoms with Gasteiger partial charge in [0.1, 0.15) is 0 Å². The fourth-order valence-corrected chi connectivity index (χ4v) is 10.4. The van der Waals surface area contributed by atoms with E-state index in [4.69, 9.17) is 0 Å². The lowest BCUT2D eigenvalue weighted by Gasteiger charge is -2.46. The highest BCUT2D eigenvalue weighted by Crippen LogP contribution is 2.49. The number of benzene rings is 7. The highest BCUT2D eigenvalue weighted by atomic mass is 15.2. The summed E-state index contributed by atoms with van der Waals surface area (Å²) in [5.41, 5.74) is 22.8. The van der Waals surface area contributed by atoms with Crippen LogP contribution in [0.15, 0.2) is 146 Å². The molecule has 2 heterocycles. The Bertz CT molecular complexity index is 2790. The third kappa shape index (κ3) is 8.16. The molecule has 2 aliphatic heterocycles. The summed E-state index contributed by atoms with van der Waals surface area (Å²) < 4.78 is 0. The van der Waals surface area contributed by atoms with Crippen molar-refractivity contribution in [2.24, 2.45) is 0 Å². The van der Waals surface area contributed by atoms with E-state index in [0.29, 0.717) is 0 Å². The number of hydrogen-bond acceptors (Lipinski definition) is 3. The van der Waals surface area contributed by atoms with Crippen molar-refractivity contribution < 1.29 is 0 Å². The van der Waals surface area contributed by atoms with Gasteiger partial charge in [-0.1, -0.05) is 156 Å². The van der Waals surface area contributed by atoms with Crippen molar-refractivity contribution in [1.82, 2.24) is 0 Å². The van der Waals surface area contributed by atoms with E-state index in [2.05, 4.69) is 257 Å². The molecule has 7 aromatic rings. The highest BCUT2D eigenvalue weighted by molar-refractivity contribution is 7.00. The Labute approximate surface area is 410 Å². The third-order valence-corrected chi connectivity index (χ3v) is 16.7. The normalized spacial score (nSPS) is 13.6. The van der Waals surface area contributed by atoms with Gasteiger partial charge in [0.2, 0.25) is 0 Å². The van der Waals surface area contributed by atoms with E-state index in [0.717, 1.165) is 42.7 Å². The quantitative estimate of drug-likeness (QED) is 0.107. The number of aryl methyl sites for hydroxylation is 2. The van der Waals surface area contributed by atoms with Crippen molar-refractivity contribution in [2.75, 3.05) is 14.7 Å². The largest absolute Gasteiger partial charge is 0.311 e. The van der Waals surface area contributed by atoms with E-state index in [9.17, 15) is 0 Å². The molecule has 348 valence electrons. The maximum absolute atomic E-state index is 2.60. The van der Waals surface area contributed by atoms with Crippen LogP contribution < -0.4 is 31.1 Å². The van der Waals surface area contributed by atoms with Crippen molar-refractivity contribution in [3.05, 3.63) is 179 Å². The first-order chi connectivity index (χ1) is 32.3. The second kappa shape index (κ2) is 17.5. The minimum absolute atomic E-state index is 0.00486. The van der Waals surface area contributed by atoms with Gasteiger partial charge >= 0.3 is 0 Å². The van der Waals surface area contributed by atoms with Crippen molar-refractivity contribution in [2.45, 2.75) is 144 Å². The summed E-state index contributed by atoms with van der Waals surface area (Å²) >= 11 is 0. The molecule has 0 atom stereocenters. The van der Waals surface area contributed by atoms with Crippen molar-refractivity contribution in [1.29, 1.82) is 0 Å². The molecule has 7 aromatic carbocycles. The molecule has 68 heavy (non-hydrogen) atoms. The number of nitrogens with zero attached hydrogens (tertiary/aromatic N) is 3. The lowest BCUT2D eigenvalue weighted by atomic mass is 9.33. The molecule has 0 saturated heterocycles. The van der Waals surface area contributed by atoms with Crippen molar-refractivity contribution >= 4 is 74.3 Å². The molecule has 0 fully saturated rings. The zero-order valence-electron chi connectivity index (χ0n) is 43.6. The van der Waals surface area contributed by atoms with Gasteiger partial charge in [-0.15, -0.1) is 0 Å². The van der Waals surface area contributed by atoms with Crippen LogP contribution in [0.3, 0.4) is 0 Å². The lowest BCUT2D eigenvalue weighted by molar-refractivity contribution is 0.506. The number of anilines is 9. The predicted molar refractivity (Wildman–Crippen MR) is 298 cm³/mol. The second-order valence-electron chi connectivity index (χ2n) is 22.6. The molecule has 0 aliphatic carbocycles. The molecule has 0 bridgehead atoms. The molecule has 3 nitrogen and oxygen atoms in total. The average Bonchev–Trinajstić information content (AvgIpc) is 3.33. The Morgan fingerprint density at radius 2 is 0.735 bits per heavy atom. The predicted octanol–water partition coefficient (Wildman–Crippen LogP) is 16.6. The van der Waals surface area contributed by atoms with Crippen molar-refractivity contribution in [3.8, 4) is 0 Å². The van der Waals surface area contributed by atoms with Crippen LogP contribution in [0, 0.1) is 13.8 Å². The van der Waals surface area contributed by atoms with E-state index in [1.807, 2.05) is 0 Å². The Balaban J connectivity index is 1.43. The summed E-state index contributed by atoms with van der Waals surface area (Å²) in [5, 5.41) is 0. The number of hydrogen-bond donors (Lipinski definition) is 0. The van der Waals surface area contributed by atoms with Crippen LogP contribution in [-0.4, -0.2) is 6.71 Å². The van der Waals surface area contributed by atoms with Crippen LogP contribution in [-0.2, 0) is 21.7 Å². The van der Waals surface area contributed by atoms with Crippen LogP contribution in [0.5, 0.6) is 0 Å². The molecular weight excluding hydrogens is 822 g/mol. The zero-order valence-corrected chi connectivity index (χ0v) is 43.6. The molecule has 0 radical (unpaired) electrons. The molecule has 0 aromatic heterocycles. The Morgan fingerprint density at radius 1 is 0.382 bits per heavy atom. The van der Waals surface area contributed by atoms with Crippen LogP contribution >= 0.6 is 0 Å². The van der Waals surface area contributed by atoms with Crippen LogP contribution in [0.1, 0.15) is 142 Å².